The first-order chi connectivity index (χ1) is 11.0. The van der Waals surface area contributed by atoms with E-state index in [1.54, 1.807) is 0 Å². The second-order valence-corrected chi connectivity index (χ2v) is 6.60. The number of amides is 1. The lowest BCUT2D eigenvalue weighted by Crippen LogP contribution is -3.08. The summed E-state index contributed by atoms with van der Waals surface area (Å²) in [4.78, 5) is 13.4. The van der Waals surface area contributed by atoms with Crippen LogP contribution in [0.1, 0.15) is 30.9 Å². The van der Waals surface area contributed by atoms with Crippen molar-refractivity contribution in [1.82, 2.24) is 0 Å². The van der Waals surface area contributed by atoms with Gasteiger partial charge in [0.1, 0.15) is 6.54 Å². The lowest BCUT2D eigenvalue weighted by molar-refractivity contribution is -0.885. The van der Waals surface area contributed by atoms with Gasteiger partial charge in [0.25, 0.3) is 5.91 Å². The van der Waals surface area contributed by atoms with E-state index in [0.717, 1.165) is 33.3 Å². The zero-order chi connectivity index (χ0) is 16.8. The predicted molar refractivity (Wildman–Crippen MR) is 96.1 cm³/mol. The molecule has 2 N–H and O–H groups in total. The molecule has 0 aromatic heterocycles. The molecule has 2 aromatic rings. The van der Waals surface area contributed by atoms with E-state index in [4.69, 9.17) is 11.6 Å². The van der Waals surface area contributed by atoms with Gasteiger partial charge in [-0.15, -0.1) is 0 Å². The number of hydrogen-bond acceptors (Lipinski definition) is 1. The maximum atomic E-state index is 12.3. The van der Waals surface area contributed by atoms with Gasteiger partial charge >= 0.3 is 0 Å². The average molecular weight is 332 g/mol. The largest absolute Gasteiger partial charge is 0.326 e. The number of para-hydroxylation sites is 1. The lowest BCUT2D eigenvalue weighted by Gasteiger charge is -2.17. The Labute approximate surface area is 143 Å². The first-order valence-electron chi connectivity index (χ1n) is 7.91. The molecule has 0 radical (unpaired) electrons. The van der Waals surface area contributed by atoms with Gasteiger partial charge in [-0.1, -0.05) is 61.8 Å². The van der Waals surface area contributed by atoms with Crippen LogP contribution >= 0.6 is 11.6 Å². The summed E-state index contributed by atoms with van der Waals surface area (Å²) in [6.07, 6.45) is 0. The first kappa shape index (κ1) is 17.5. The fourth-order valence-electron chi connectivity index (χ4n) is 2.61. The second-order valence-electron chi connectivity index (χ2n) is 6.19. The minimum absolute atomic E-state index is 0.0163. The van der Waals surface area contributed by atoms with Crippen LogP contribution in [0.25, 0.3) is 0 Å². The van der Waals surface area contributed by atoms with E-state index in [2.05, 4.69) is 25.2 Å². The van der Waals surface area contributed by atoms with E-state index in [-0.39, 0.29) is 5.91 Å². The van der Waals surface area contributed by atoms with Crippen molar-refractivity contribution < 1.29 is 9.69 Å². The molecule has 0 aliphatic heterocycles. The molecule has 0 aliphatic carbocycles. The lowest BCUT2D eigenvalue weighted by atomic mass is 10.0. The molecule has 0 fully saturated rings. The normalized spacial score (nSPS) is 12.2. The van der Waals surface area contributed by atoms with Gasteiger partial charge in [0, 0.05) is 16.3 Å². The maximum absolute atomic E-state index is 12.3. The zero-order valence-corrected chi connectivity index (χ0v) is 14.7. The number of carbonyl (C=O) groups is 1. The van der Waals surface area contributed by atoms with Crippen LogP contribution in [0.4, 0.5) is 5.69 Å². The summed E-state index contributed by atoms with van der Waals surface area (Å²) < 4.78 is 0. The van der Waals surface area contributed by atoms with Gasteiger partial charge in [-0.05, 0) is 23.6 Å². The highest BCUT2D eigenvalue weighted by molar-refractivity contribution is 6.31. The molecule has 0 saturated heterocycles. The van der Waals surface area contributed by atoms with Gasteiger partial charge < -0.3 is 10.2 Å². The van der Waals surface area contributed by atoms with Crippen molar-refractivity contribution in [2.24, 2.45) is 0 Å². The third kappa shape index (κ3) is 5.08. The van der Waals surface area contributed by atoms with Crippen molar-refractivity contribution in [3.63, 3.8) is 0 Å². The number of anilines is 1. The predicted octanol–water partition coefficient (Wildman–Crippen LogP) is 3.12. The average Bonchev–Trinajstić information content (AvgIpc) is 2.49. The van der Waals surface area contributed by atoms with E-state index in [9.17, 15) is 4.79 Å². The topological polar surface area (TPSA) is 33.5 Å². The summed E-state index contributed by atoms with van der Waals surface area (Å²) in [5.41, 5.74) is 3.12. The zero-order valence-electron chi connectivity index (χ0n) is 13.9. The summed E-state index contributed by atoms with van der Waals surface area (Å²) in [6.45, 7) is 5.37. The number of carbonyl (C=O) groups excluding carboxylic acids is 1. The summed E-state index contributed by atoms with van der Waals surface area (Å²) in [5.74, 6) is 0.391. The standard InChI is InChI=1S/C19H23ClN2O/c1-14(2)16-9-5-7-11-18(16)21-19(23)13-22(3)12-15-8-4-6-10-17(15)20/h4-11,14H,12-13H2,1-3H3,(H,21,23)/p+1. The molecule has 0 aliphatic rings. The third-order valence-corrected chi connectivity index (χ3v) is 4.14. The van der Waals surface area contributed by atoms with E-state index in [1.807, 2.05) is 49.5 Å². The fraction of sp³-hybridized carbons (Fsp3) is 0.316. The molecule has 23 heavy (non-hydrogen) atoms. The van der Waals surface area contributed by atoms with Crippen molar-refractivity contribution in [3.05, 3.63) is 64.7 Å². The van der Waals surface area contributed by atoms with Crippen molar-refractivity contribution >= 4 is 23.2 Å². The minimum atomic E-state index is 0.0163. The monoisotopic (exact) mass is 331 g/mol. The van der Waals surface area contributed by atoms with Crippen LogP contribution in [0.2, 0.25) is 5.02 Å². The molecule has 0 spiro atoms. The van der Waals surface area contributed by atoms with Crippen LogP contribution < -0.4 is 10.2 Å². The number of quaternary nitrogens is 1. The van der Waals surface area contributed by atoms with Crippen molar-refractivity contribution in [2.75, 3.05) is 18.9 Å². The van der Waals surface area contributed by atoms with Crippen molar-refractivity contribution in [3.8, 4) is 0 Å². The smallest absolute Gasteiger partial charge is 0.279 e. The molecule has 1 atom stereocenters. The van der Waals surface area contributed by atoms with Crippen LogP contribution in [0.3, 0.4) is 0 Å². The Kier molecular flexibility index (Phi) is 6.20. The molecule has 0 saturated carbocycles. The van der Waals surface area contributed by atoms with Crippen molar-refractivity contribution in [2.45, 2.75) is 26.3 Å². The molecular formula is C19H24ClN2O+. The molecule has 2 aromatic carbocycles. The molecule has 1 amide bonds. The molecule has 3 nitrogen and oxygen atoms in total. The number of hydrogen-bond donors (Lipinski definition) is 2. The van der Waals surface area contributed by atoms with Gasteiger partial charge in [0.15, 0.2) is 6.54 Å². The van der Waals surface area contributed by atoms with Crippen LogP contribution in [0.5, 0.6) is 0 Å². The summed E-state index contributed by atoms with van der Waals surface area (Å²) >= 11 is 6.18. The Hall–Kier alpha value is -1.84. The quantitative estimate of drug-likeness (QED) is 0.837. The van der Waals surface area contributed by atoms with Gasteiger partial charge in [0.05, 0.1) is 7.05 Å². The van der Waals surface area contributed by atoms with Crippen LogP contribution in [-0.4, -0.2) is 19.5 Å². The molecule has 0 bridgehead atoms. The first-order valence-corrected chi connectivity index (χ1v) is 8.28. The molecular weight excluding hydrogens is 308 g/mol. The van der Waals surface area contributed by atoms with Gasteiger partial charge in [-0.2, -0.15) is 0 Å². The fourth-order valence-corrected chi connectivity index (χ4v) is 2.81. The summed E-state index contributed by atoms with van der Waals surface area (Å²) in [7, 11) is 2.00. The summed E-state index contributed by atoms with van der Waals surface area (Å²) in [5, 5.41) is 3.78. The van der Waals surface area contributed by atoms with Crippen molar-refractivity contribution in [1.29, 1.82) is 0 Å². The number of rotatable bonds is 6. The van der Waals surface area contributed by atoms with E-state index >= 15 is 0 Å². The Morgan fingerprint density at radius 3 is 2.48 bits per heavy atom. The molecule has 2 rings (SSSR count). The Morgan fingerprint density at radius 1 is 1.13 bits per heavy atom. The number of benzene rings is 2. The maximum Gasteiger partial charge on any atom is 0.279 e. The van der Waals surface area contributed by atoms with Crippen LogP contribution in [0, 0.1) is 0 Å². The van der Waals surface area contributed by atoms with Gasteiger partial charge in [-0.25, -0.2) is 0 Å². The number of likely N-dealkylation sites (N-methyl/N-ethyl adjacent to an activating group) is 1. The van der Waals surface area contributed by atoms with Crippen LogP contribution in [-0.2, 0) is 11.3 Å². The summed E-state index contributed by atoms with van der Waals surface area (Å²) in [6, 6.07) is 15.7. The Balaban J connectivity index is 1.96. The Bertz CT molecular complexity index is 670. The molecule has 4 heteroatoms. The van der Waals surface area contributed by atoms with E-state index in [1.165, 1.54) is 0 Å². The van der Waals surface area contributed by atoms with Crippen LogP contribution in [0.15, 0.2) is 48.5 Å². The number of nitrogens with one attached hydrogen (secondary N) is 2. The highest BCUT2D eigenvalue weighted by Gasteiger charge is 2.14. The van der Waals surface area contributed by atoms with Gasteiger partial charge in [-0.3, -0.25) is 4.79 Å². The Morgan fingerprint density at radius 2 is 1.78 bits per heavy atom. The highest BCUT2D eigenvalue weighted by atomic mass is 35.5. The number of halogens is 1. The SMILES string of the molecule is CC(C)c1ccccc1NC(=O)C[NH+](C)Cc1ccccc1Cl. The molecule has 1 unspecified atom stereocenters. The molecule has 122 valence electrons. The van der Waals surface area contributed by atoms with E-state index in [0.29, 0.717) is 12.5 Å². The third-order valence-electron chi connectivity index (χ3n) is 3.77. The van der Waals surface area contributed by atoms with E-state index < -0.39 is 0 Å². The highest BCUT2D eigenvalue weighted by Crippen LogP contribution is 2.23. The minimum Gasteiger partial charge on any atom is -0.326 e. The molecule has 0 heterocycles. The van der Waals surface area contributed by atoms with Gasteiger partial charge in [0.2, 0.25) is 0 Å². The second kappa shape index (κ2) is 8.14.